The molecule has 0 spiro atoms. The van der Waals surface area contributed by atoms with Crippen LogP contribution in [0.1, 0.15) is 26.6 Å². The molecule has 1 aromatic heterocycles. The molecule has 0 saturated heterocycles. The van der Waals surface area contributed by atoms with Gasteiger partial charge >= 0.3 is 0 Å². The van der Waals surface area contributed by atoms with Gasteiger partial charge in [-0.15, -0.1) is 10.2 Å². The first-order chi connectivity index (χ1) is 5.54. The second-order valence-electron chi connectivity index (χ2n) is 3.54. The lowest BCUT2D eigenvalue weighted by Crippen LogP contribution is -2.24. The standard InChI is InChI=1S/C7H12N4O/c1-7(2,3)11-9-6(4-5-12)8-10-11/h5H,4H2,1-3H3. The number of tetrazole rings is 1. The minimum atomic E-state index is -0.172. The van der Waals surface area contributed by atoms with Gasteiger partial charge in [-0.2, -0.15) is 4.80 Å². The first-order valence-corrected chi connectivity index (χ1v) is 3.77. The first kappa shape index (κ1) is 8.83. The Bertz CT molecular complexity index is 273. The number of carbonyl (C=O) groups is 1. The molecule has 1 rings (SSSR count). The van der Waals surface area contributed by atoms with Crippen molar-refractivity contribution in [3.05, 3.63) is 5.82 Å². The molecular weight excluding hydrogens is 156 g/mol. The molecule has 0 aliphatic heterocycles. The number of aldehydes is 1. The summed E-state index contributed by atoms with van der Waals surface area (Å²) in [4.78, 5) is 11.6. The third-order valence-electron chi connectivity index (χ3n) is 1.32. The van der Waals surface area contributed by atoms with Gasteiger partial charge in [-0.1, -0.05) is 0 Å². The van der Waals surface area contributed by atoms with Gasteiger partial charge < -0.3 is 4.79 Å². The highest BCUT2D eigenvalue weighted by molar-refractivity contribution is 5.52. The van der Waals surface area contributed by atoms with Crippen LogP contribution in [0.25, 0.3) is 0 Å². The molecule has 0 amide bonds. The molecule has 0 aliphatic rings. The summed E-state index contributed by atoms with van der Waals surface area (Å²) in [7, 11) is 0. The summed E-state index contributed by atoms with van der Waals surface area (Å²) in [6, 6.07) is 0. The average Bonchev–Trinajstić information content (AvgIpc) is 2.35. The van der Waals surface area contributed by atoms with Crippen LogP contribution in [-0.2, 0) is 16.8 Å². The minimum Gasteiger partial charge on any atom is -0.303 e. The smallest absolute Gasteiger partial charge is 0.181 e. The molecule has 0 N–H and O–H groups in total. The van der Waals surface area contributed by atoms with Crippen LogP contribution in [0.5, 0.6) is 0 Å². The number of nitrogens with zero attached hydrogens (tertiary/aromatic N) is 4. The molecular formula is C7H12N4O. The largest absolute Gasteiger partial charge is 0.303 e. The lowest BCUT2D eigenvalue weighted by molar-refractivity contribution is -0.107. The van der Waals surface area contributed by atoms with Crippen LogP contribution < -0.4 is 0 Å². The van der Waals surface area contributed by atoms with E-state index in [9.17, 15) is 4.79 Å². The molecule has 0 aromatic carbocycles. The van der Waals surface area contributed by atoms with Gasteiger partial charge in [-0.25, -0.2) is 0 Å². The molecule has 0 fully saturated rings. The zero-order valence-electron chi connectivity index (χ0n) is 7.48. The Morgan fingerprint density at radius 2 is 2.17 bits per heavy atom. The van der Waals surface area contributed by atoms with Gasteiger partial charge in [-0.3, -0.25) is 0 Å². The van der Waals surface area contributed by atoms with E-state index >= 15 is 0 Å². The fourth-order valence-corrected chi connectivity index (χ4v) is 0.684. The summed E-state index contributed by atoms with van der Waals surface area (Å²) in [6.45, 7) is 5.91. The summed E-state index contributed by atoms with van der Waals surface area (Å²) in [5.74, 6) is 0.472. The topological polar surface area (TPSA) is 60.7 Å². The maximum atomic E-state index is 10.1. The lowest BCUT2D eigenvalue weighted by atomic mass is 10.1. The maximum absolute atomic E-state index is 10.1. The third kappa shape index (κ3) is 1.87. The van der Waals surface area contributed by atoms with E-state index in [1.165, 1.54) is 4.80 Å². The van der Waals surface area contributed by atoms with E-state index in [2.05, 4.69) is 15.4 Å². The monoisotopic (exact) mass is 168 g/mol. The third-order valence-corrected chi connectivity index (χ3v) is 1.32. The fourth-order valence-electron chi connectivity index (χ4n) is 0.684. The van der Waals surface area contributed by atoms with Gasteiger partial charge in [0.05, 0.1) is 12.0 Å². The molecule has 1 aromatic rings. The molecule has 66 valence electrons. The summed E-state index contributed by atoms with van der Waals surface area (Å²) in [6.07, 6.45) is 1.00. The summed E-state index contributed by atoms with van der Waals surface area (Å²) in [5, 5.41) is 11.6. The number of aromatic nitrogens is 4. The van der Waals surface area contributed by atoms with Crippen LogP contribution in [0.2, 0.25) is 0 Å². The number of hydrogen-bond acceptors (Lipinski definition) is 4. The van der Waals surface area contributed by atoms with Crippen molar-refractivity contribution in [2.75, 3.05) is 0 Å². The second kappa shape index (κ2) is 3.00. The maximum Gasteiger partial charge on any atom is 0.181 e. The van der Waals surface area contributed by atoms with Crippen molar-refractivity contribution in [3.63, 3.8) is 0 Å². The van der Waals surface area contributed by atoms with Gasteiger partial charge in [-0.05, 0) is 26.0 Å². The second-order valence-corrected chi connectivity index (χ2v) is 3.54. The van der Waals surface area contributed by atoms with Crippen molar-refractivity contribution in [1.29, 1.82) is 0 Å². The molecule has 0 radical (unpaired) electrons. The van der Waals surface area contributed by atoms with Gasteiger partial charge in [0.25, 0.3) is 0 Å². The van der Waals surface area contributed by atoms with Crippen LogP contribution in [0.3, 0.4) is 0 Å². The highest BCUT2D eigenvalue weighted by Gasteiger charge is 2.16. The van der Waals surface area contributed by atoms with Gasteiger partial charge in [0, 0.05) is 0 Å². The van der Waals surface area contributed by atoms with Crippen molar-refractivity contribution in [2.24, 2.45) is 0 Å². The van der Waals surface area contributed by atoms with E-state index in [1.807, 2.05) is 20.8 Å². The van der Waals surface area contributed by atoms with E-state index in [0.717, 1.165) is 6.29 Å². The lowest BCUT2D eigenvalue weighted by Gasteiger charge is -2.15. The van der Waals surface area contributed by atoms with Crippen LogP contribution in [0.15, 0.2) is 0 Å². The van der Waals surface area contributed by atoms with Crippen LogP contribution >= 0.6 is 0 Å². The fraction of sp³-hybridized carbons (Fsp3) is 0.714. The van der Waals surface area contributed by atoms with E-state index in [-0.39, 0.29) is 12.0 Å². The molecule has 0 saturated carbocycles. The van der Waals surface area contributed by atoms with Crippen molar-refractivity contribution in [2.45, 2.75) is 32.7 Å². The average molecular weight is 168 g/mol. The summed E-state index contributed by atoms with van der Waals surface area (Å²) < 4.78 is 0. The van der Waals surface area contributed by atoms with Crippen LogP contribution in [0.4, 0.5) is 0 Å². The molecule has 1 heterocycles. The summed E-state index contributed by atoms with van der Waals surface area (Å²) >= 11 is 0. The normalized spacial score (nSPS) is 11.6. The van der Waals surface area contributed by atoms with Gasteiger partial charge in [0.15, 0.2) is 5.82 Å². The Kier molecular flexibility index (Phi) is 2.21. The van der Waals surface area contributed by atoms with Gasteiger partial charge in [0.2, 0.25) is 0 Å². The molecule has 0 unspecified atom stereocenters. The Balaban J connectivity index is 2.84. The van der Waals surface area contributed by atoms with E-state index in [4.69, 9.17) is 0 Å². The molecule has 12 heavy (non-hydrogen) atoms. The van der Waals surface area contributed by atoms with Crippen LogP contribution in [-0.4, -0.2) is 26.5 Å². The van der Waals surface area contributed by atoms with Crippen molar-refractivity contribution in [3.8, 4) is 0 Å². The predicted molar refractivity (Wildman–Crippen MR) is 42.6 cm³/mol. The van der Waals surface area contributed by atoms with E-state index in [1.54, 1.807) is 0 Å². The molecule has 5 heteroatoms. The highest BCUT2D eigenvalue weighted by atomic mass is 16.1. The van der Waals surface area contributed by atoms with E-state index in [0.29, 0.717) is 5.82 Å². The first-order valence-electron chi connectivity index (χ1n) is 3.77. The minimum absolute atomic E-state index is 0.172. The van der Waals surface area contributed by atoms with E-state index < -0.39 is 0 Å². The zero-order chi connectivity index (χ0) is 9.19. The Morgan fingerprint density at radius 1 is 1.50 bits per heavy atom. The Labute approximate surface area is 70.8 Å². The van der Waals surface area contributed by atoms with Crippen molar-refractivity contribution >= 4 is 6.29 Å². The molecule has 0 bridgehead atoms. The number of rotatable bonds is 2. The van der Waals surface area contributed by atoms with Crippen molar-refractivity contribution in [1.82, 2.24) is 20.2 Å². The van der Waals surface area contributed by atoms with Crippen molar-refractivity contribution < 1.29 is 4.79 Å². The summed E-state index contributed by atoms with van der Waals surface area (Å²) in [5.41, 5.74) is -0.172. The number of carbonyl (C=O) groups excluding carboxylic acids is 1. The molecule has 5 nitrogen and oxygen atoms in total. The highest BCUT2D eigenvalue weighted by Crippen LogP contribution is 2.08. The zero-order valence-corrected chi connectivity index (χ0v) is 7.48. The SMILES string of the molecule is CC(C)(C)n1nnc(CC=O)n1. The molecule has 0 atom stereocenters. The number of hydrogen-bond donors (Lipinski definition) is 0. The quantitative estimate of drug-likeness (QED) is 0.590. The predicted octanol–water partition coefficient (Wildman–Crippen LogP) is 0.169. The van der Waals surface area contributed by atoms with Crippen LogP contribution in [0, 0.1) is 0 Å². The Morgan fingerprint density at radius 3 is 2.58 bits per heavy atom. The Hall–Kier alpha value is -1.26. The molecule has 0 aliphatic carbocycles. The van der Waals surface area contributed by atoms with Gasteiger partial charge in [0.1, 0.15) is 6.29 Å².